The monoisotopic (exact) mass is 191 g/mol. The fraction of sp³-hybridized carbons (Fsp3) is 0.727. The zero-order valence-electron chi connectivity index (χ0n) is 8.66. The van der Waals surface area contributed by atoms with Crippen LogP contribution < -0.4 is 5.32 Å². The summed E-state index contributed by atoms with van der Waals surface area (Å²) in [5, 5.41) is 7.81. The van der Waals surface area contributed by atoms with Crippen LogP contribution in [0.5, 0.6) is 0 Å². The minimum atomic E-state index is 0.567. The lowest BCUT2D eigenvalue weighted by Crippen LogP contribution is -2.55. The lowest BCUT2D eigenvalue weighted by molar-refractivity contribution is 0.0833. The van der Waals surface area contributed by atoms with Crippen molar-refractivity contribution in [3.8, 4) is 0 Å². The summed E-state index contributed by atoms with van der Waals surface area (Å²) in [6, 6.07) is 2.72. The predicted octanol–water partition coefficient (Wildman–Crippen LogP) is 1.62. The van der Waals surface area contributed by atoms with Crippen molar-refractivity contribution in [3.63, 3.8) is 0 Å². The standard InChI is InChI=1S/C11H17N3/c1-14-9(4-7-13-14)10-11(8-12-10)5-2-3-6-11/h4,7,10,12H,2-3,5-6,8H2,1H3. The lowest BCUT2D eigenvalue weighted by Gasteiger charge is -2.48. The molecule has 1 spiro atoms. The second kappa shape index (κ2) is 2.83. The minimum absolute atomic E-state index is 0.567. The van der Waals surface area contributed by atoms with Crippen LogP contribution in [0.4, 0.5) is 0 Å². The average Bonchev–Trinajstić information content (AvgIpc) is 2.75. The minimum Gasteiger partial charge on any atom is -0.308 e. The van der Waals surface area contributed by atoms with Gasteiger partial charge >= 0.3 is 0 Å². The van der Waals surface area contributed by atoms with Crippen LogP contribution in [0.15, 0.2) is 12.3 Å². The summed E-state index contributed by atoms with van der Waals surface area (Å²) in [4.78, 5) is 0. The number of nitrogens with zero attached hydrogens (tertiary/aromatic N) is 2. The van der Waals surface area contributed by atoms with E-state index in [-0.39, 0.29) is 0 Å². The highest BCUT2D eigenvalue weighted by Crippen LogP contribution is 2.52. The third kappa shape index (κ3) is 0.989. The Morgan fingerprint density at radius 2 is 2.29 bits per heavy atom. The first-order valence-corrected chi connectivity index (χ1v) is 5.53. The van der Waals surface area contributed by atoms with Crippen molar-refractivity contribution in [1.82, 2.24) is 15.1 Å². The van der Waals surface area contributed by atoms with Gasteiger partial charge in [-0.25, -0.2) is 0 Å². The van der Waals surface area contributed by atoms with Gasteiger partial charge in [-0.1, -0.05) is 12.8 Å². The molecule has 3 nitrogen and oxygen atoms in total. The molecule has 3 heteroatoms. The summed E-state index contributed by atoms with van der Waals surface area (Å²) >= 11 is 0. The summed E-state index contributed by atoms with van der Waals surface area (Å²) in [5.74, 6) is 0. The van der Waals surface area contributed by atoms with Gasteiger partial charge in [-0.15, -0.1) is 0 Å². The Labute approximate surface area is 84.5 Å². The molecule has 1 aromatic rings. The van der Waals surface area contributed by atoms with E-state index >= 15 is 0 Å². The smallest absolute Gasteiger partial charge is 0.0561 e. The van der Waals surface area contributed by atoms with Crippen molar-refractivity contribution < 1.29 is 0 Å². The zero-order valence-corrected chi connectivity index (χ0v) is 8.66. The van der Waals surface area contributed by atoms with Gasteiger partial charge in [0.15, 0.2) is 0 Å². The summed E-state index contributed by atoms with van der Waals surface area (Å²) in [5.41, 5.74) is 1.94. The Bertz CT molecular complexity index is 336. The molecule has 1 aliphatic heterocycles. The van der Waals surface area contributed by atoms with E-state index in [1.165, 1.54) is 37.9 Å². The molecule has 1 aliphatic carbocycles. The van der Waals surface area contributed by atoms with Gasteiger partial charge in [0, 0.05) is 25.2 Å². The first-order valence-electron chi connectivity index (χ1n) is 5.53. The van der Waals surface area contributed by atoms with E-state index in [2.05, 4.69) is 16.5 Å². The topological polar surface area (TPSA) is 29.9 Å². The van der Waals surface area contributed by atoms with E-state index in [0.29, 0.717) is 11.5 Å². The molecule has 0 bridgehead atoms. The summed E-state index contributed by atoms with van der Waals surface area (Å²) < 4.78 is 2.01. The van der Waals surface area contributed by atoms with E-state index in [1.54, 1.807) is 0 Å². The van der Waals surface area contributed by atoms with Gasteiger partial charge in [-0.2, -0.15) is 5.10 Å². The molecule has 0 aromatic carbocycles. The Morgan fingerprint density at radius 1 is 1.50 bits per heavy atom. The second-order valence-electron chi connectivity index (χ2n) is 4.76. The summed E-state index contributed by atoms with van der Waals surface area (Å²) in [6.45, 7) is 1.21. The number of aryl methyl sites for hydroxylation is 1. The number of hydrogen-bond donors (Lipinski definition) is 1. The van der Waals surface area contributed by atoms with Crippen molar-refractivity contribution in [2.75, 3.05) is 6.54 Å². The molecule has 14 heavy (non-hydrogen) atoms. The van der Waals surface area contributed by atoms with E-state index in [9.17, 15) is 0 Å². The van der Waals surface area contributed by atoms with Crippen molar-refractivity contribution in [1.29, 1.82) is 0 Å². The van der Waals surface area contributed by atoms with Gasteiger partial charge in [0.1, 0.15) is 0 Å². The molecule has 3 rings (SSSR count). The van der Waals surface area contributed by atoms with Crippen LogP contribution in [0.25, 0.3) is 0 Å². The maximum Gasteiger partial charge on any atom is 0.0561 e. The lowest BCUT2D eigenvalue weighted by atomic mass is 9.71. The fourth-order valence-corrected chi connectivity index (χ4v) is 3.12. The van der Waals surface area contributed by atoms with Gasteiger partial charge < -0.3 is 5.32 Å². The SMILES string of the molecule is Cn1nccc1C1NCC12CCCC2. The van der Waals surface area contributed by atoms with Crippen molar-refractivity contribution in [2.45, 2.75) is 31.7 Å². The van der Waals surface area contributed by atoms with Crippen LogP contribution in [-0.4, -0.2) is 16.3 Å². The number of hydrogen-bond acceptors (Lipinski definition) is 2. The number of rotatable bonds is 1. The van der Waals surface area contributed by atoms with Gasteiger partial charge in [0.05, 0.1) is 11.7 Å². The van der Waals surface area contributed by atoms with Crippen LogP contribution in [0, 0.1) is 5.41 Å². The van der Waals surface area contributed by atoms with Crippen molar-refractivity contribution >= 4 is 0 Å². The molecule has 2 heterocycles. The molecule has 1 N–H and O–H groups in total. The molecule has 76 valence electrons. The molecular weight excluding hydrogens is 174 g/mol. The molecule has 1 unspecified atom stereocenters. The Morgan fingerprint density at radius 3 is 2.79 bits per heavy atom. The molecule has 0 radical (unpaired) electrons. The first kappa shape index (κ1) is 8.48. The van der Waals surface area contributed by atoms with Gasteiger partial charge in [0.25, 0.3) is 0 Å². The Hall–Kier alpha value is -0.830. The highest BCUT2D eigenvalue weighted by atomic mass is 15.3. The van der Waals surface area contributed by atoms with E-state index < -0.39 is 0 Å². The highest BCUT2D eigenvalue weighted by molar-refractivity contribution is 5.18. The van der Waals surface area contributed by atoms with Crippen LogP contribution in [0.3, 0.4) is 0 Å². The molecule has 1 aromatic heterocycles. The molecular formula is C11H17N3. The van der Waals surface area contributed by atoms with Crippen LogP contribution in [0.2, 0.25) is 0 Å². The summed E-state index contributed by atoms with van der Waals surface area (Å²) in [7, 11) is 2.04. The van der Waals surface area contributed by atoms with Crippen LogP contribution in [-0.2, 0) is 7.05 Å². The van der Waals surface area contributed by atoms with Crippen molar-refractivity contribution in [3.05, 3.63) is 18.0 Å². The van der Waals surface area contributed by atoms with E-state index in [0.717, 1.165) is 0 Å². The molecule has 1 atom stereocenters. The van der Waals surface area contributed by atoms with Gasteiger partial charge in [-0.3, -0.25) is 4.68 Å². The number of aromatic nitrogens is 2. The third-order valence-corrected chi connectivity index (χ3v) is 4.02. The fourth-order valence-electron chi connectivity index (χ4n) is 3.12. The average molecular weight is 191 g/mol. The van der Waals surface area contributed by atoms with E-state index in [4.69, 9.17) is 0 Å². The quantitative estimate of drug-likeness (QED) is 0.731. The number of nitrogens with one attached hydrogen (secondary N) is 1. The molecule has 0 amide bonds. The highest BCUT2D eigenvalue weighted by Gasteiger charge is 2.49. The largest absolute Gasteiger partial charge is 0.308 e. The third-order valence-electron chi connectivity index (χ3n) is 4.02. The maximum atomic E-state index is 4.25. The maximum absolute atomic E-state index is 4.25. The molecule has 2 aliphatic rings. The van der Waals surface area contributed by atoms with Crippen molar-refractivity contribution in [2.24, 2.45) is 12.5 Å². The first-order chi connectivity index (χ1) is 6.82. The van der Waals surface area contributed by atoms with Crippen LogP contribution in [0.1, 0.15) is 37.4 Å². The predicted molar refractivity (Wildman–Crippen MR) is 54.9 cm³/mol. The Balaban J connectivity index is 1.90. The second-order valence-corrected chi connectivity index (χ2v) is 4.76. The molecule has 1 saturated carbocycles. The van der Waals surface area contributed by atoms with Gasteiger partial charge in [-0.05, 0) is 18.9 Å². The molecule has 2 fully saturated rings. The van der Waals surface area contributed by atoms with Crippen LogP contribution >= 0.6 is 0 Å². The molecule has 1 saturated heterocycles. The normalized spacial score (nSPS) is 29.4. The zero-order chi connectivity index (χ0) is 9.60. The van der Waals surface area contributed by atoms with E-state index in [1.807, 2.05) is 17.9 Å². The summed E-state index contributed by atoms with van der Waals surface area (Å²) in [6.07, 6.45) is 7.52. The Kier molecular flexibility index (Phi) is 1.71. The van der Waals surface area contributed by atoms with Gasteiger partial charge in [0.2, 0.25) is 0 Å².